The molecule has 3 atom stereocenters. The summed E-state index contributed by atoms with van der Waals surface area (Å²) in [6, 6.07) is 6.80. The summed E-state index contributed by atoms with van der Waals surface area (Å²) in [6.07, 6.45) is 0.197. The number of nitrogens with zero attached hydrogens (tertiary/aromatic N) is 3. The van der Waals surface area contributed by atoms with E-state index in [0.717, 1.165) is 0 Å². The van der Waals surface area contributed by atoms with Crippen LogP contribution >= 0.6 is 0 Å². The number of carbonyl (C=O) groups is 2. The zero-order chi connectivity index (χ0) is 20.6. The summed E-state index contributed by atoms with van der Waals surface area (Å²) in [4.78, 5) is 32.8. The van der Waals surface area contributed by atoms with Crippen LogP contribution in [0.15, 0.2) is 37.0 Å². The molecule has 1 fully saturated rings. The van der Waals surface area contributed by atoms with Crippen molar-refractivity contribution >= 4 is 11.8 Å². The van der Waals surface area contributed by atoms with Gasteiger partial charge in [-0.2, -0.15) is 0 Å². The highest BCUT2D eigenvalue weighted by atomic mass is 16.8. The number of hydrazine groups is 1. The molecule has 0 saturated carbocycles. The highest BCUT2D eigenvalue weighted by Crippen LogP contribution is 2.32. The van der Waals surface area contributed by atoms with E-state index in [9.17, 15) is 9.59 Å². The van der Waals surface area contributed by atoms with Gasteiger partial charge < -0.3 is 9.47 Å². The zero-order valence-electron chi connectivity index (χ0n) is 16.9. The summed E-state index contributed by atoms with van der Waals surface area (Å²) in [5.74, 6) is -1.45. The Morgan fingerprint density at radius 1 is 1.21 bits per heavy atom. The van der Waals surface area contributed by atoms with E-state index in [1.54, 1.807) is 49.6 Å². The number of hydrogen-bond donors (Lipinski definition) is 0. The van der Waals surface area contributed by atoms with Gasteiger partial charge in [0.1, 0.15) is 12.2 Å². The van der Waals surface area contributed by atoms with Crippen LogP contribution in [0.5, 0.6) is 0 Å². The van der Waals surface area contributed by atoms with Gasteiger partial charge in [0.15, 0.2) is 5.79 Å². The topological polar surface area (TPSA) is 71.6 Å². The average molecular weight is 389 g/mol. The van der Waals surface area contributed by atoms with Crippen molar-refractivity contribution in [2.24, 2.45) is 0 Å². The Bertz CT molecular complexity index is 746. The molecule has 0 aliphatic carbocycles. The van der Waals surface area contributed by atoms with Crippen LogP contribution in [0.25, 0.3) is 0 Å². The predicted octanol–water partition coefficient (Wildman–Crippen LogP) is 2.04. The molecule has 1 saturated heterocycles. The van der Waals surface area contributed by atoms with E-state index >= 15 is 0 Å². The van der Waals surface area contributed by atoms with E-state index < -0.39 is 18.0 Å². The Balaban J connectivity index is 1.85. The molecule has 0 radical (unpaired) electrons. The molecule has 0 unspecified atom stereocenters. The molecular weight excluding hydrogens is 362 g/mol. The van der Waals surface area contributed by atoms with Crippen molar-refractivity contribution in [3.8, 4) is 0 Å². The van der Waals surface area contributed by atoms with Crippen LogP contribution in [0.3, 0.4) is 0 Å². The summed E-state index contributed by atoms with van der Waals surface area (Å²) in [7, 11) is 3.48. The number of rotatable bonds is 7. The predicted molar refractivity (Wildman–Crippen MR) is 102 cm³/mol. The maximum absolute atomic E-state index is 12.8. The minimum absolute atomic E-state index is 0.0378. The number of imide groups is 1. The Morgan fingerprint density at radius 3 is 2.25 bits per heavy atom. The van der Waals surface area contributed by atoms with Crippen molar-refractivity contribution in [1.29, 1.82) is 0 Å². The van der Waals surface area contributed by atoms with Crippen LogP contribution in [0, 0.1) is 0 Å². The Hall–Kier alpha value is -2.26. The first-order valence-electron chi connectivity index (χ1n) is 9.21. The number of carbonyl (C=O) groups excluding carboxylic acids is 2. The van der Waals surface area contributed by atoms with E-state index in [2.05, 4.69) is 6.58 Å². The molecule has 28 heavy (non-hydrogen) atoms. The maximum atomic E-state index is 12.8. The normalized spacial score (nSPS) is 24.6. The standard InChI is InChI=1S/C20H27N3O5/c1-7-21(5)22(6)28-16(17-13(2)26-20(3,4)27-17)12-23-18(24)14-10-8-9-11-15(14)19(23)25/h7-11,13,16-17H,1,12H2,2-6H3/t13-,16-,17-/m1/s1. The number of hydrogen-bond acceptors (Lipinski definition) is 7. The van der Waals surface area contributed by atoms with Gasteiger partial charge in [-0.15, -0.1) is 5.17 Å². The molecule has 3 rings (SSSR count). The van der Waals surface area contributed by atoms with Gasteiger partial charge in [-0.1, -0.05) is 18.7 Å². The van der Waals surface area contributed by atoms with E-state index in [4.69, 9.17) is 14.3 Å². The summed E-state index contributed by atoms with van der Waals surface area (Å²) >= 11 is 0. The molecule has 1 aromatic carbocycles. The van der Waals surface area contributed by atoms with E-state index in [1.807, 2.05) is 20.8 Å². The maximum Gasteiger partial charge on any atom is 0.261 e. The molecule has 2 heterocycles. The number of hydroxylamine groups is 1. The van der Waals surface area contributed by atoms with E-state index in [-0.39, 0.29) is 24.5 Å². The molecule has 2 aliphatic rings. The van der Waals surface area contributed by atoms with Gasteiger partial charge in [0.25, 0.3) is 11.8 Å². The SMILES string of the molecule is C=CN(C)N(C)O[C@H](CN1C(=O)c2ccccc2C1=O)[C@@H]1OC(C)(C)O[C@@H]1C. The van der Waals surface area contributed by atoms with E-state index in [1.165, 1.54) is 10.1 Å². The van der Waals surface area contributed by atoms with Crippen LogP contribution in [0.1, 0.15) is 41.5 Å². The lowest BCUT2D eigenvalue weighted by Gasteiger charge is -2.34. The molecule has 152 valence electrons. The van der Waals surface area contributed by atoms with Gasteiger partial charge in [-0.05, 0) is 32.9 Å². The molecule has 0 bridgehead atoms. The quantitative estimate of drug-likeness (QED) is 0.522. The second-order valence-electron chi connectivity index (χ2n) is 7.44. The Kier molecular flexibility index (Phi) is 5.58. The number of benzene rings is 1. The highest BCUT2D eigenvalue weighted by Gasteiger charge is 2.47. The second-order valence-corrected chi connectivity index (χ2v) is 7.44. The second kappa shape index (κ2) is 7.63. The van der Waals surface area contributed by atoms with Gasteiger partial charge in [-0.3, -0.25) is 24.3 Å². The lowest BCUT2D eigenvalue weighted by molar-refractivity contribution is -0.291. The molecule has 1 aromatic rings. The third-order valence-electron chi connectivity index (χ3n) is 4.96. The highest BCUT2D eigenvalue weighted by molar-refractivity contribution is 6.21. The van der Waals surface area contributed by atoms with Crippen molar-refractivity contribution in [3.05, 3.63) is 48.2 Å². The lowest BCUT2D eigenvalue weighted by Crippen LogP contribution is -2.50. The molecule has 0 spiro atoms. The van der Waals surface area contributed by atoms with Crippen LogP contribution < -0.4 is 0 Å². The number of fused-ring (bicyclic) bond motifs is 1. The fourth-order valence-corrected chi connectivity index (χ4v) is 3.51. The first-order chi connectivity index (χ1) is 13.1. The van der Waals surface area contributed by atoms with Crippen molar-refractivity contribution in [2.45, 2.75) is 44.9 Å². The van der Waals surface area contributed by atoms with E-state index in [0.29, 0.717) is 11.1 Å². The monoisotopic (exact) mass is 389 g/mol. The van der Waals surface area contributed by atoms with Crippen LogP contribution in [0.4, 0.5) is 0 Å². The third-order valence-corrected chi connectivity index (χ3v) is 4.96. The zero-order valence-corrected chi connectivity index (χ0v) is 16.9. The van der Waals surface area contributed by atoms with Crippen LogP contribution in [0.2, 0.25) is 0 Å². The Morgan fingerprint density at radius 2 is 1.79 bits per heavy atom. The minimum atomic E-state index is -0.781. The minimum Gasteiger partial charge on any atom is -0.345 e. The lowest BCUT2D eigenvalue weighted by atomic mass is 10.1. The molecule has 2 aliphatic heterocycles. The molecular formula is C20H27N3O5. The summed E-state index contributed by atoms with van der Waals surface area (Å²) < 4.78 is 11.9. The first kappa shape index (κ1) is 20.5. The number of amides is 2. The fraction of sp³-hybridized carbons (Fsp3) is 0.500. The molecule has 2 amide bonds. The fourth-order valence-electron chi connectivity index (χ4n) is 3.51. The average Bonchev–Trinajstić information content (AvgIpc) is 3.07. The summed E-state index contributed by atoms with van der Waals surface area (Å²) in [5.41, 5.74) is 0.805. The first-order valence-corrected chi connectivity index (χ1v) is 9.21. The van der Waals surface area contributed by atoms with Gasteiger partial charge in [0.05, 0.1) is 23.8 Å². The molecule has 8 nitrogen and oxygen atoms in total. The van der Waals surface area contributed by atoms with Crippen LogP contribution in [-0.4, -0.2) is 71.6 Å². The summed E-state index contributed by atoms with van der Waals surface area (Å²) in [6.45, 7) is 9.27. The van der Waals surface area contributed by atoms with Gasteiger partial charge in [-0.25, -0.2) is 0 Å². The smallest absolute Gasteiger partial charge is 0.261 e. The molecule has 0 aromatic heterocycles. The van der Waals surface area contributed by atoms with Gasteiger partial charge in [0.2, 0.25) is 0 Å². The molecule has 0 N–H and O–H groups in total. The van der Waals surface area contributed by atoms with Crippen molar-refractivity contribution in [1.82, 2.24) is 15.1 Å². The summed E-state index contributed by atoms with van der Waals surface area (Å²) in [5, 5.41) is 3.12. The van der Waals surface area contributed by atoms with Gasteiger partial charge in [0, 0.05) is 20.3 Å². The van der Waals surface area contributed by atoms with Crippen molar-refractivity contribution in [2.75, 3.05) is 20.6 Å². The molecule has 8 heteroatoms. The largest absolute Gasteiger partial charge is 0.345 e. The Labute approximate surface area is 165 Å². The van der Waals surface area contributed by atoms with Crippen molar-refractivity contribution in [3.63, 3.8) is 0 Å². The van der Waals surface area contributed by atoms with Crippen molar-refractivity contribution < 1.29 is 23.9 Å². The van der Waals surface area contributed by atoms with Crippen LogP contribution in [-0.2, 0) is 14.3 Å². The van der Waals surface area contributed by atoms with Gasteiger partial charge >= 0.3 is 0 Å². The third kappa shape index (κ3) is 3.81. The number of ether oxygens (including phenoxy) is 2.